The zero-order valence-electron chi connectivity index (χ0n) is 8.79. The molecule has 0 unspecified atom stereocenters. The Morgan fingerprint density at radius 1 is 1.27 bits per heavy atom. The molecule has 3 nitrogen and oxygen atoms in total. The fourth-order valence-corrected chi connectivity index (χ4v) is 2.16. The lowest BCUT2D eigenvalue weighted by Gasteiger charge is -2.10. The third-order valence-electron chi connectivity index (χ3n) is 1.51. The van der Waals surface area contributed by atoms with E-state index in [-0.39, 0.29) is 5.54 Å². The van der Waals surface area contributed by atoms with Gasteiger partial charge in [-0.15, -0.1) is 0 Å². The number of hydrogen-bond donors (Lipinski definition) is 0. The van der Waals surface area contributed by atoms with Crippen LogP contribution >= 0.6 is 31.9 Å². The van der Waals surface area contributed by atoms with Crippen molar-refractivity contribution in [2.75, 3.05) is 0 Å². The van der Waals surface area contributed by atoms with Crippen molar-refractivity contribution >= 4 is 37.5 Å². The van der Waals surface area contributed by atoms with E-state index in [0.717, 1.165) is 8.95 Å². The summed E-state index contributed by atoms with van der Waals surface area (Å²) in [7, 11) is 0. The first-order valence-electron chi connectivity index (χ1n) is 4.45. The molecule has 15 heavy (non-hydrogen) atoms. The topological polar surface area (TPSA) is 38.4 Å². The van der Waals surface area contributed by atoms with Crippen LogP contribution in [0.1, 0.15) is 20.8 Å². The molecule has 1 aromatic rings. The maximum atomic E-state index is 11.7. The Balaban J connectivity index is 3.12. The van der Waals surface area contributed by atoms with Crippen LogP contribution in [-0.2, 0) is 0 Å². The van der Waals surface area contributed by atoms with E-state index in [9.17, 15) is 5.21 Å². The second-order valence-corrected chi connectivity index (χ2v) is 5.91. The van der Waals surface area contributed by atoms with Crippen LogP contribution < -0.4 is 0 Å². The molecular formula is C10H12Br2N2O. The zero-order chi connectivity index (χ0) is 11.6. The summed E-state index contributed by atoms with van der Waals surface area (Å²) in [6.45, 7) is 5.64. The lowest BCUT2D eigenvalue weighted by molar-refractivity contribution is -0.450. The van der Waals surface area contributed by atoms with Crippen LogP contribution in [0.4, 0.5) is 5.69 Å². The van der Waals surface area contributed by atoms with Crippen molar-refractivity contribution in [2.24, 2.45) is 5.11 Å². The largest absolute Gasteiger partial charge is 0.594 e. The number of nitrogens with zero attached hydrogens (tertiary/aromatic N) is 2. The minimum Gasteiger partial charge on any atom is -0.594 e. The van der Waals surface area contributed by atoms with Gasteiger partial charge in [0.15, 0.2) is 0 Å². The van der Waals surface area contributed by atoms with E-state index >= 15 is 0 Å². The van der Waals surface area contributed by atoms with Gasteiger partial charge in [0.25, 0.3) is 5.69 Å². The molecule has 0 aromatic heterocycles. The van der Waals surface area contributed by atoms with Crippen molar-refractivity contribution in [3.63, 3.8) is 0 Å². The molecule has 82 valence electrons. The van der Waals surface area contributed by atoms with Crippen molar-refractivity contribution in [3.05, 3.63) is 32.4 Å². The van der Waals surface area contributed by atoms with Crippen molar-refractivity contribution in [2.45, 2.75) is 26.3 Å². The van der Waals surface area contributed by atoms with Crippen LogP contribution in [0.2, 0.25) is 0 Å². The number of benzene rings is 1. The fraction of sp³-hybridized carbons (Fsp3) is 0.400. The van der Waals surface area contributed by atoms with Gasteiger partial charge in [0.05, 0.1) is 4.47 Å². The van der Waals surface area contributed by atoms with E-state index < -0.39 is 0 Å². The first kappa shape index (κ1) is 12.6. The predicted octanol–water partition coefficient (Wildman–Crippen LogP) is 4.60. The summed E-state index contributed by atoms with van der Waals surface area (Å²) in [5.41, 5.74) is 0.127. The van der Waals surface area contributed by atoms with Crippen LogP contribution in [0.15, 0.2) is 32.3 Å². The number of azo groups is 1. The van der Waals surface area contributed by atoms with Gasteiger partial charge in [-0.1, -0.05) is 20.8 Å². The molecule has 0 radical (unpaired) electrons. The molecule has 0 aliphatic carbocycles. The summed E-state index contributed by atoms with van der Waals surface area (Å²) >= 11 is 6.65. The molecule has 5 heteroatoms. The van der Waals surface area contributed by atoms with Crippen LogP contribution in [0, 0.1) is 5.21 Å². The Bertz CT molecular complexity index is 397. The Hall–Kier alpha value is -0.420. The summed E-state index contributed by atoms with van der Waals surface area (Å²) in [4.78, 5) is 0.649. The minimum atomic E-state index is -0.381. The Labute approximate surface area is 106 Å². The molecule has 0 saturated carbocycles. The van der Waals surface area contributed by atoms with E-state index in [0.29, 0.717) is 10.5 Å². The van der Waals surface area contributed by atoms with Crippen LogP contribution in [0.3, 0.4) is 0 Å². The van der Waals surface area contributed by atoms with Gasteiger partial charge < -0.3 is 5.21 Å². The molecule has 0 aliphatic heterocycles. The average molecular weight is 336 g/mol. The van der Waals surface area contributed by atoms with Crippen molar-refractivity contribution < 1.29 is 4.86 Å². The van der Waals surface area contributed by atoms with E-state index in [1.807, 2.05) is 32.9 Å². The fourth-order valence-electron chi connectivity index (χ4n) is 0.963. The number of rotatable bonds is 1. The molecule has 0 spiro atoms. The minimum absolute atomic E-state index is 0.381. The van der Waals surface area contributed by atoms with Crippen molar-refractivity contribution in [3.8, 4) is 0 Å². The van der Waals surface area contributed by atoms with Gasteiger partial charge in [0, 0.05) is 10.5 Å². The second kappa shape index (κ2) is 4.61. The van der Waals surface area contributed by atoms with Crippen LogP contribution in [0.5, 0.6) is 0 Å². The molecule has 1 aromatic carbocycles. The molecule has 0 fully saturated rings. The highest BCUT2D eigenvalue weighted by atomic mass is 79.9. The summed E-state index contributed by atoms with van der Waals surface area (Å²) in [5, 5.41) is 15.7. The van der Waals surface area contributed by atoms with E-state index in [4.69, 9.17) is 0 Å². The first-order chi connectivity index (χ1) is 6.79. The molecule has 0 atom stereocenters. The van der Waals surface area contributed by atoms with Crippen molar-refractivity contribution in [1.29, 1.82) is 0 Å². The molecular weight excluding hydrogens is 324 g/mol. The quantitative estimate of drug-likeness (QED) is 0.419. The van der Waals surface area contributed by atoms with Gasteiger partial charge in [-0.3, -0.25) is 0 Å². The summed E-state index contributed by atoms with van der Waals surface area (Å²) < 4.78 is 1.64. The monoisotopic (exact) mass is 334 g/mol. The molecule has 0 N–H and O–H groups in total. The highest BCUT2D eigenvalue weighted by molar-refractivity contribution is 9.11. The van der Waals surface area contributed by atoms with Gasteiger partial charge in [0.1, 0.15) is 5.54 Å². The van der Waals surface area contributed by atoms with Crippen LogP contribution in [-0.4, -0.2) is 10.4 Å². The Morgan fingerprint density at radius 2 is 1.87 bits per heavy atom. The lowest BCUT2D eigenvalue weighted by atomic mass is 10.1. The SMILES string of the molecule is CC(C)(C)N=[N+]([O-])c1ccc(Br)cc1Br. The Morgan fingerprint density at radius 3 is 2.33 bits per heavy atom. The predicted molar refractivity (Wildman–Crippen MR) is 67.3 cm³/mol. The molecule has 0 amide bonds. The molecule has 0 aliphatic rings. The molecule has 0 heterocycles. The van der Waals surface area contributed by atoms with E-state index in [2.05, 4.69) is 37.0 Å². The Kier molecular flexibility index (Phi) is 3.89. The summed E-state index contributed by atoms with van der Waals surface area (Å²) in [6, 6.07) is 5.35. The lowest BCUT2D eigenvalue weighted by Crippen LogP contribution is -2.13. The third-order valence-corrected chi connectivity index (χ3v) is 2.64. The van der Waals surface area contributed by atoms with Gasteiger partial charge in [-0.25, -0.2) is 0 Å². The van der Waals surface area contributed by atoms with Gasteiger partial charge in [-0.05, 0) is 53.9 Å². The van der Waals surface area contributed by atoms with E-state index in [1.165, 1.54) is 0 Å². The third kappa shape index (κ3) is 3.91. The molecule has 1 rings (SSSR count). The smallest absolute Gasteiger partial charge is 0.258 e. The highest BCUT2D eigenvalue weighted by Gasteiger charge is 2.16. The average Bonchev–Trinajstić information content (AvgIpc) is 1.99. The van der Waals surface area contributed by atoms with E-state index in [1.54, 1.807) is 6.07 Å². The second-order valence-electron chi connectivity index (χ2n) is 4.14. The van der Waals surface area contributed by atoms with Gasteiger partial charge in [0.2, 0.25) is 0 Å². The summed E-state index contributed by atoms with van der Waals surface area (Å²) in [5.74, 6) is 0. The number of hydrogen-bond acceptors (Lipinski definition) is 2. The zero-order valence-corrected chi connectivity index (χ0v) is 12.0. The molecule has 0 bridgehead atoms. The van der Waals surface area contributed by atoms with Crippen LogP contribution in [0.25, 0.3) is 0 Å². The highest BCUT2D eigenvalue weighted by Crippen LogP contribution is 2.29. The molecule has 0 saturated heterocycles. The maximum Gasteiger partial charge on any atom is 0.258 e. The maximum absolute atomic E-state index is 11.7. The van der Waals surface area contributed by atoms with Crippen molar-refractivity contribution in [1.82, 2.24) is 0 Å². The number of halogens is 2. The normalized spacial score (nSPS) is 13.0. The van der Waals surface area contributed by atoms with Gasteiger partial charge in [-0.2, -0.15) is 0 Å². The first-order valence-corrected chi connectivity index (χ1v) is 6.03. The standard InChI is InChI=1S/C10H12Br2N2O/c1-10(2,3)13-14(15)9-5-4-7(11)6-8(9)12/h4-6H,1-3H3. The summed E-state index contributed by atoms with van der Waals surface area (Å²) in [6.07, 6.45) is 0. The van der Waals surface area contributed by atoms with Gasteiger partial charge >= 0.3 is 0 Å².